The maximum absolute atomic E-state index is 12.2. The van der Waals surface area contributed by atoms with Crippen LogP contribution in [-0.2, 0) is 24.3 Å². The van der Waals surface area contributed by atoms with Gasteiger partial charge in [-0.2, -0.15) is 21.0 Å². The normalized spacial score (nSPS) is 11.0. The monoisotopic (exact) mass is 565 g/mol. The van der Waals surface area contributed by atoms with Crippen molar-refractivity contribution in [1.82, 2.24) is 19.9 Å². The van der Waals surface area contributed by atoms with E-state index >= 15 is 0 Å². The van der Waals surface area contributed by atoms with Gasteiger partial charge in [-0.15, -0.1) is 0 Å². The van der Waals surface area contributed by atoms with Crippen LogP contribution in [0.4, 0.5) is 5.82 Å². The zero-order valence-electron chi connectivity index (χ0n) is 18.5. The minimum absolute atomic E-state index is 0.0162. The highest BCUT2D eigenvalue weighted by atomic mass is 79.9. The number of anilines is 1. The predicted octanol–water partition coefficient (Wildman–Crippen LogP) is 6.34. The summed E-state index contributed by atoms with van der Waals surface area (Å²) >= 11 is 11.6. The number of carbonyl (C=O) groups excluding carboxylic acids is 1. The van der Waals surface area contributed by atoms with E-state index in [9.17, 15) is 4.79 Å². The van der Waals surface area contributed by atoms with E-state index in [0.29, 0.717) is 30.2 Å². The van der Waals surface area contributed by atoms with Crippen LogP contribution in [0.3, 0.4) is 0 Å². The average Bonchev–Trinajstić information content (AvgIpc) is 3.51. The molecule has 0 aliphatic heterocycles. The van der Waals surface area contributed by atoms with Crippen LogP contribution in [0.2, 0.25) is 5.02 Å². The number of nitrogens with one attached hydrogen (secondary N) is 2. The Balaban J connectivity index is 1.31. The van der Waals surface area contributed by atoms with Crippen molar-refractivity contribution in [3.63, 3.8) is 0 Å². The molecule has 0 aliphatic carbocycles. The zero-order chi connectivity index (χ0) is 24.2. The summed E-state index contributed by atoms with van der Waals surface area (Å²) in [5.74, 6) is 0.813. The molecule has 3 heterocycles. The molecule has 176 valence electrons. The highest BCUT2D eigenvalue weighted by Gasteiger charge is 2.13. The van der Waals surface area contributed by atoms with Gasteiger partial charge in [0, 0.05) is 29.7 Å². The van der Waals surface area contributed by atoms with Gasteiger partial charge < -0.3 is 10.6 Å². The number of benzene rings is 2. The summed E-state index contributed by atoms with van der Waals surface area (Å²) < 4.78 is 2.56. The molecule has 0 unspecified atom stereocenters. The van der Waals surface area contributed by atoms with Crippen molar-refractivity contribution in [2.24, 2.45) is 0 Å². The van der Waals surface area contributed by atoms with E-state index in [1.165, 1.54) is 0 Å². The number of rotatable bonds is 8. The minimum atomic E-state index is 0.0162. The lowest BCUT2D eigenvalue weighted by molar-refractivity contribution is -0.120. The molecule has 0 atom stereocenters. The SMILES string of the molecule is O=C(Cc1ccsc1)NCc1cccc(CNc2cc(-c3ccccc3Cl)nc3c(Br)cnn23)c1. The quantitative estimate of drug-likeness (QED) is 0.230. The first-order chi connectivity index (χ1) is 17.1. The molecule has 0 bridgehead atoms. The molecule has 1 amide bonds. The van der Waals surface area contributed by atoms with E-state index in [1.807, 2.05) is 59.3 Å². The van der Waals surface area contributed by atoms with E-state index in [2.05, 4.69) is 43.8 Å². The number of hydrogen-bond acceptors (Lipinski definition) is 5. The smallest absolute Gasteiger partial charge is 0.224 e. The number of amides is 1. The van der Waals surface area contributed by atoms with Gasteiger partial charge in [-0.05, 0) is 55.5 Å². The summed E-state index contributed by atoms with van der Waals surface area (Å²) in [6.45, 7) is 1.06. The Kier molecular flexibility index (Phi) is 7.13. The Morgan fingerprint density at radius 2 is 1.86 bits per heavy atom. The van der Waals surface area contributed by atoms with Crippen molar-refractivity contribution >= 4 is 56.2 Å². The predicted molar refractivity (Wildman–Crippen MR) is 145 cm³/mol. The summed E-state index contributed by atoms with van der Waals surface area (Å²) in [6, 6.07) is 19.7. The fourth-order valence-electron chi connectivity index (χ4n) is 3.75. The van der Waals surface area contributed by atoms with E-state index in [-0.39, 0.29) is 5.91 Å². The molecule has 35 heavy (non-hydrogen) atoms. The molecule has 2 N–H and O–H groups in total. The van der Waals surface area contributed by atoms with E-state index in [1.54, 1.807) is 22.0 Å². The molecule has 0 radical (unpaired) electrons. The Labute approximate surface area is 220 Å². The maximum Gasteiger partial charge on any atom is 0.224 e. The fourth-order valence-corrected chi connectivity index (χ4v) is 5.00. The lowest BCUT2D eigenvalue weighted by atomic mass is 10.1. The summed E-state index contributed by atoms with van der Waals surface area (Å²) in [7, 11) is 0. The van der Waals surface area contributed by atoms with E-state index in [0.717, 1.165) is 38.2 Å². The summed E-state index contributed by atoms with van der Waals surface area (Å²) in [6.07, 6.45) is 2.12. The zero-order valence-corrected chi connectivity index (χ0v) is 21.7. The number of thiophene rings is 1. The number of hydrogen-bond donors (Lipinski definition) is 2. The molecule has 0 aliphatic rings. The molecule has 5 aromatic rings. The van der Waals surface area contributed by atoms with Crippen molar-refractivity contribution in [3.8, 4) is 11.3 Å². The van der Waals surface area contributed by atoms with Gasteiger partial charge in [0.2, 0.25) is 5.91 Å². The van der Waals surface area contributed by atoms with Crippen molar-refractivity contribution in [2.75, 3.05) is 5.32 Å². The Morgan fingerprint density at radius 1 is 1.03 bits per heavy atom. The molecule has 5 rings (SSSR count). The van der Waals surface area contributed by atoms with Crippen LogP contribution in [0.15, 0.2) is 82.1 Å². The number of halogens is 2. The van der Waals surface area contributed by atoms with Crippen LogP contribution in [0, 0.1) is 0 Å². The van der Waals surface area contributed by atoms with Crippen molar-refractivity contribution < 1.29 is 4.79 Å². The number of fused-ring (bicyclic) bond motifs is 1. The highest BCUT2D eigenvalue weighted by molar-refractivity contribution is 9.10. The second-order valence-corrected chi connectivity index (χ2v) is 10.0. The van der Waals surface area contributed by atoms with Gasteiger partial charge in [-0.1, -0.05) is 54.1 Å². The third-order valence-electron chi connectivity index (χ3n) is 5.48. The first-order valence-electron chi connectivity index (χ1n) is 11.0. The first kappa shape index (κ1) is 23.5. The topological polar surface area (TPSA) is 71.3 Å². The Morgan fingerprint density at radius 3 is 2.66 bits per heavy atom. The molecule has 3 aromatic heterocycles. The van der Waals surface area contributed by atoms with Crippen LogP contribution >= 0.6 is 38.9 Å². The lowest BCUT2D eigenvalue weighted by Crippen LogP contribution is -2.24. The van der Waals surface area contributed by atoms with Gasteiger partial charge in [0.05, 0.1) is 22.8 Å². The molecule has 6 nitrogen and oxygen atoms in total. The molecule has 0 saturated heterocycles. The Bertz CT molecular complexity index is 1480. The van der Waals surface area contributed by atoms with Crippen LogP contribution < -0.4 is 10.6 Å². The minimum Gasteiger partial charge on any atom is -0.366 e. The number of nitrogens with zero attached hydrogens (tertiary/aromatic N) is 3. The van der Waals surface area contributed by atoms with Gasteiger partial charge in [-0.25, -0.2) is 4.98 Å². The van der Waals surface area contributed by atoms with Gasteiger partial charge in [-0.3, -0.25) is 4.79 Å². The lowest BCUT2D eigenvalue weighted by Gasteiger charge is -2.12. The summed E-state index contributed by atoms with van der Waals surface area (Å²) in [5, 5.41) is 15.5. The highest BCUT2D eigenvalue weighted by Crippen LogP contribution is 2.30. The van der Waals surface area contributed by atoms with Gasteiger partial charge in [0.1, 0.15) is 5.82 Å². The van der Waals surface area contributed by atoms with Gasteiger partial charge >= 0.3 is 0 Å². The molecular weight excluding hydrogens is 546 g/mol. The first-order valence-corrected chi connectivity index (χ1v) is 13.1. The largest absolute Gasteiger partial charge is 0.366 e. The molecule has 0 spiro atoms. The van der Waals surface area contributed by atoms with Gasteiger partial charge in [0.15, 0.2) is 5.65 Å². The van der Waals surface area contributed by atoms with E-state index < -0.39 is 0 Å². The van der Waals surface area contributed by atoms with Crippen molar-refractivity contribution in [1.29, 1.82) is 0 Å². The molecule has 2 aromatic carbocycles. The fraction of sp³-hybridized carbons (Fsp3) is 0.115. The second kappa shape index (κ2) is 10.6. The van der Waals surface area contributed by atoms with Crippen molar-refractivity contribution in [3.05, 3.63) is 104 Å². The van der Waals surface area contributed by atoms with Crippen LogP contribution in [0.5, 0.6) is 0 Å². The second-order valence-electron chi connectivity index (χ2n) is 7.99. The summed E-state index contributed by atoms with van der Waals surface area (Å²) in [4.78, 5) is 17.0. The molecule has 0 fully saturated rings. The Hall–Kier alpha value is -3.20. The molecular formula is C26H21BrClN5OS. The van der Waals surface area contributed by atoms with Crippen LogP contribution in [0.25, 0.3) is 16.9 Å². The van der Waals surface area contributed by atoms with E-state index in [4.69, 9.17) is 16.6 Å². The average molecular weight is 567 g/mol. The summed E-state index contributed by atoms with van der Waals surface area (Å²) in [5.41, 5.74) is 5.48. The number of aromatic nitrogens is 3. The van der Waals surface area contributed by atoms with Crippen molar-refractivity contribution in [2.45, 2.75) is 19.5 Å². The maximum atomic E-state index is 12.2. The van der Waals surface area contributed by atoms with Gasteiger partial charge in [0.25, 0.3) is 0 Å². The third-order valence-corrected chi connectivity index (χ3v) is 7.10. The third kappa shape index (κ3) is 5.56. The standard InChI is InChI=1S/C26H21BrClN5OS/c27-21-15-31-33-24(12-23(32-26(21)33)20-6-1-2-7-22(20)28)29-13-17-4-3-5-18(10-17)14-30-25(34)11-19-8-9-35-16-19/h1-10,12,15-16,29H,11,13-14H2,(H,30,34). The molecule has 9 heteroatoms. The van der Waals surface area contributed by atoms with Crippen LogP contribution in [-0.4, -0.2) is 20.5 Å². The number of carbonyl (C=O) groups is 1. The molecule has 0 saturated carbocycles. The van der Waals surface area contributed by atoms with Crippen LogP contribution in [0.1, 0.15) is 16.7 Å².